The Morgan fingerprint density at radius 3 is 2.42 bits per heavy atom. The van der Waals surface area contributed by atoms with Crippen molar-refractivity contribution in [1.82, 2.24) is 9.80 Å². The van der Waals surface area contributed by atoms with Crippen LogP contribution in [0.25, 0.3) is 0 Å². The fraction of sp³-hybridized carbons (Fsp3) is 0.280. The zero-order valence-corrected chi connectivity index (χ0v) is 18.4. The van der Waals surface area contributed by atoms with Crippen molar-refractivity contribution in [3.05, 3.63) is 87.1 Å². The van der Waals surface area contributed by atoms with Crippen LogP contribution in [-0.4, -0.2) is 47.8 Å². The number of amides is 2. The normalized spacial score (nSPS) is 16.8. The lowest BCUT2D eigenvalue weighted by Gasteiger charge is -2.36. The minimum atomic E-state index is -0.189. The highest BCUT2D eigenvalue weighted by Crippen LogP contribution is 2.33. The number of thiophene rings is 1. The zero-order chi connectivity index (χ0) is 21.4. The first-order valence-corrected chi connectivity index (χ1v) is 11.6. The van der Waals surface area contributed by atoms with Gasteiger partial charge in [0.2, 0.25) is 0 Å². The Bertz CT molecular complexity index is 1120. The minimum absolute atomic E-state index is 0.177. The van der Waals surface area contributed by atoms with E-state index in [-0.39, 0.29) is 11.8 Å². The molecule has 2 amide bonds. The largest absolute Gasteiger partial charge is 0.368 e. The van der Waals surface area contributed by atoms with Gasteiger partial charge in [0.05, 0.1) is 23.4 Å². The van der Waals surface area contributed by atoms with E-state index in [4.69, 9.17) is 0 Å². The van der Waals surface area contributed by atoms with Gasteiger partial charge in [-0.25, -0.2) is 0 Å². The van der Waals surface area contributed by atoms with Crippen molar-refractivity contribution in [1.29, 1.82) is 0 Å². The van der Waals surface area contributed by atoms with Crippen LogP contribution in [0.2, 0.25) is 0 Å². The van der Waals surface area contributed by atoms with Crippen LogP contribution < -0.4 is 4.90 Å². The number of benzene rings is 2. The van der Waals surface area contributed by atoms with Gasteiger partial charge in [0.15, 0.2) is 0 Å². The van der Waals surface area contributed by atoms with E-state index in [1.165, 1.54) is 16.0 Å². The van der Waals surface area contributed by atoms with Crippen LogP contribution in [-0.2, 0) is 13.1 Å². The Balaban J connectivity index is 1.31. The van der Waals surface area contributed by atoms with E-state index in [0.29, 0.717) is 17.7 Å². The highest BCUT2D eigenvalue weighted by Gasteiger charge is 2.38. The smallest absolute Gasteiger partial charge is 0.263 e. The number of carbonyl (C=O) groups is 2. The summed E-state index contributed by atoms with van der Waals surface area (Å²) in [4.78, 5) is 32.2. The summed E-state index contributed by atoms with van der Waals surface area (Å²) in [5, 5.41) is 3.95. The number of anilines is 1. The van der Waals surface area contributed by atoms with Gasteiger partial charge in [0.25, 0.3) is 11.8 Å². The average Bonchev–Trinajstić information content (AvgIpc) is 3.37. The Morgan fingerprint density at radius 2 is 1.68 bits per heavy atom. The molecule has 2 aromatic carbocycles. The molecule has 0 radical (unpaired) electrons. The molecule has 0 N–H and O–H groups in total. The SMILES string of the molecule is Cc1cccc(CN2CCN(c3cccc4c3C(=O)N(Cc3ccsc3)C4=O)CC2)c1. The molecule has 0 aliphatic carbocycles. The molecule has 0 saturated carbocycles. The van der Waals surface area contributed by atoms with Crippen molar-refractivity contribution < 1.29 is 9.59 Å². The lowest BCUT2D eigenvalue weighted by molar-refractivity contribution is 0.0642. The van der Waals surface area contributed by atoms with E-state index < -0.39 is 0 Å². The van der Waals surface area contributed by atoms with Crippen molar-refractivity contribution in [2.24, 2.45) is 0 Å². The summed E-state index contributed by atoms with van der Waals surface area (Å²) in [6.45, 7) is 6.93. The predicted molar refractivity (Wildman–Crippen MR) is 124 cm³/mol. The Morgan fingerprint density at radius 1 is 0.871 bits per heavy atom. The Kier molecular flexibility index (Phi) is 5.34. The van der Waals surface area contributed by atoms with E-state index >= 15 is 0 Å². The summed E-state index contributed by atoms with van der Waals surface area (Å²) in [6, 6.07) is 16.3. The second kappa shape index (κ2) is 8.29. The third-order valence-electron chi connectivity index (χ3n) is 6.10. The highest BCUT2D eigenvalue weighted by atomic mass is 32.1. The Hall–Kier alpha value is -2.96. The van der Waals surface area contributed by atoms with Gasteiger partial charge in [0, 0.05) is 32.7 Å². The number of hydrogen-bond donors (Lipinski definition) is 0. The first-order chi connectivity index (χ1) is 15.1. The van der Waals surface area contributed by atoms with E-state index in [1.807, 2.05) is 29.0 Å². The maximum Gasteiger partial charge on any atom is 0.263 e. The number of rotatable bonds is 5. The summed E-state index contributed by atoms with van der Waals surface area (Å²) in [7, 11) is 0. The van der Waals surface area contributed by atoms with E-state index in [1.54, 1.807) is 17.4 Å². The van der Waals surface area contributed by atoms with Crippen molar-refractivity contribution in [2.45, 2.75) is 20.0 Å². The standard InChI is InChI=1S/C25H25N3O2S/c1-18-4-2-5-19(14-18)15-26-9-11-27(12-10-26)22-7-3-6-21-23(22)25(30)28(24(21)29)16-20-8-13-31-17-20/h2-8,13-14,17H,9-12,15-16H2,1H3. The van der Waals surface area contributed by atoms with Gasteiger partial charge in [-0.3, -0.25) is 19.4 Å². The van der Waals surface area contributed by atoms with Crippen LogP contribution in [0.5, 0.6) is 0 Å². The molecule has 0 spiro atoms. The molecular formula is C25H25N3O2S. The molecule has 1 fully saturated rings. The first kappa shape index (κ1) is 20.0. The molecule has 6 heteroatoms. The molecule has 0 bridgehead atoms. The molecule has 1 aromatic heterocycles. The van der Waals surface area contributed by atoms with Crippen LogP contribution in [0.15, 0.2) is 59.3 Å². The number of fused-ring (bicyclic) bond motifs is 1. The molecule has 2 aliphatic heterocycles. The van der Waals surface area contributed by atoms with Crippen molar-refractivity contribution >= 4 is 28.8 Å². The molecule has 0 unspecified atom stereocenters. The van der Waals surface area contributed by atoms with Gasteiger partial charge in [-0.1, -0.05) is 35.9 Å². The molecule has 2 aliphatic rings. The van der Waals surface area contributed by atoms with Crippen LogP contribution in [0.3, 0.4) is 0 Å². The number of nitrogens with zero attached hydrogens (tertiary/aromatic N) is 3. The summed E-state index contributed by atoms with van der Waals surface area (Å²) >= 11 is 1.57. The molecule has 0 atom stereocenters. The second-order valence-corrected chi connectivity index (χ2v) is 9.06. The van der Waals surface area contributed by atoms with Gasteiger partial charge >= 0.3 is 0 Å². The van der Waals surface area contributed by atoms with Gasteiger partial charge in [-0.15, -0.1) is 0 Å². The van der Waals surface area contributed by atoms with Crippen LogP contribution in [0.1, 0.15) is 37.4 Å². The molecule has 1 saturated heterocycles. The number of carbonyl (C=O) groups excluding carboxylic acids is 2. The fourth-order valence-electron chi connectivity index (χ4n) is 4.50. The number of imide groups is 1. The van der Waals surface area contributed by atoms with Crippen LogP contribution in [0, 0.1) is 6.92 Å². The monoisotopic (exact) mass is 431 g/mol. The molecule has 3 aromatic rings. The zero-order valence-electron chi connectivity index (χ0n) is 17.6. The fourth-order valence-corrected chi connectivity index (χ4v) is 5.16. The third kappa shape index (κ3) is 3.89. The molecule has 5 rings (SSSR count). The van der Waals surface area contributed by atoms with Gasteiger partial charge in [-0.05, 0) is 47.0 Å². The lowest BCUT2D eigenvalue weighted by Crippen LogP contribution is -2.46. The second-order valence-electron chi connectivity index (χ2n) is 8.28. The topological polar surface area (TPSA) is 43.9 Å². The van der Waals surface area contributed by atoms with Gasteiger partial charge in [-0.2, -0.15) is 11.3 Å². The molecule has 31 heavy (non-hydrogen) atoms. The maximum atomic E-state index is 13.2. The average molecular weight is 432 g/mol. The lowest BCUT2D eigenvalue weighted by atomic mass is 10.1. The molecule has 158 valence electrons. The van der Waals surface area contributed by atoms with E-state index in [0.717, 1.165) is 44.0 Å². The van der Waals surface area contributed by atoms with Crippen molar-refractivity contribution in [2.75, 3.05) is 31.1 Å². The molecule has 5 nitrogen and oxygen atoms in total. The minimum Gasteiger partial charge on any atom is -0.368 e. The van der Waals surface area contributed by atoms with Crippen LogP contribution >= 0.6 is 11.3 Å². The van der Waals surface area contributed by atoms with Crippen molar-refractivity contribution in [3.8, 4) is 0 Å². The molecule has 3 heterocycles. The first-order valence-electron chi connectivity index (χ1n) is 10.6. The van der Waals surface area contributed by atoms with E-state index in [2.05, 4.69) is 41.0 Å². The summed E-state index contributed by atoms with van der Waals surface area (Å²) < 4.78 is 0. The third-order valence-corrected chi connectivity index (χ3v) is 6.83. The maximum absolute atomic E-state index is 13.2. The Labute approximate surface area is 186 Å². The summed E-state index contributed by atoms with van der Waals surface area (Å²) in [6.07, 6.45) is 0. The van der Waals surface area contributed by atoms with Crippen molar-refractivity contribution in [3.63, 3.8) is 0 Å². The summed E-state index contributed by atoms with van der Waals surface area (Å²) in [5.74, 6) is -0.366. The highest BCUT2D eigenvalue weighted by molar-refractivity contribution is 7.07. The van der Waals surface area contributed by atoms with Gasteiger partial charge < -0.3 is 4.90 Å². The van der Waals surface area contributed by atoms with Gasteiger partial charge in [0.1, 0.15) is 0 Å². The quantitative estimate of drug-likeness (QED) is 0.569. The number of aryl methyl sites for hydroxylation is 1. The number of hydrogen-bond acceptors (Lipinski definition) is 5. The summed E-state index contributed by atoms with van der Waals surface area (Å²) in [5.41, 5.74) is 5.59. The van der Waals surface area contributed by atoms with E-state index in [9.17, 15) is 9.59 Å². The molecular weight excluding hydrogens is 406 g/mol. The predicted octanol–water partition coefficient (Wildman–Crippen LogP) is 4.17. The number of piperazine rings is 1. The van der Waals surface area contributed by atoms with Crippen LogP contribution in [0.4, 0.5) is 5.69 Å².